The lowest BCUT2D eigenvalue weighted by atomic mass is 10.1. The number of hydrogen-bond donors (Lipinski definition) is 1. The first-order valence-corrected chi connectivity index (χ1v) is 5.91. The van der Waals surface area contributed by atoms with Crippen LogP contribution in [0, 0.1) is 5.82 Å². The van der Waals surface area contributed by atoms with Gasteiger partial charge in [-0.3, -0.25) is 4.79 Å². The van der Waals surface area contributed by atoms with Gasteiger partial charge in [0.1, 0.15) is 0 Å². The van der Waals surface area contributed by atoms with Crippen molar-refractivity contribution in [2.45, 2.75) is 31.3 Å². The molecule has 2 bridgehead atoms. The van der Waals surface area contributed by atoms with Gasteiger partial charge in [0.05, 0.1) is 0 Å². The Hall–Kier alpha value is -1.65. The Morgan fingerprint density at radius 3 is 3.06 bits per heavy atom. The molecule has 3 heterocycles. The molecule has 0 radical (unpaired) electrons. The number of carbonyl (C=O) groups excluding carboxylic acids is 1. The average molecular weight is 235 g/mol. The minimum absolute atomic E-state index is 0.0542. The number of amides is 1. The van der Waals surface area contributed by atoms with E-state index in [1.165, 1.54) is 6.07 Å². The fourth-order valence-electron chi connectivity index (χ4n) is 2.79. The number of rotatable bonds is 1. The van der Waals surface area contributed by atoms with Gasteiger partial charge in [-0.15, -0.1) is 0 Å². The minimum atomic E-state index is -0.307. The molecule has 0 spiro atoms. The third kappa shape index (κ3) is 1.75. The molecule has 1 aromatic rings. The van der Waals surface area contributed by atoms with E-state index in [4.69, 9.17) is 0 Å². The van der Waals surface area contributed by atoms with Crippen molar-refractivity contribution in [1.82, 2.24) is 10.3 Å². The van der Waals surface area contributed by atoms with Crippen molar-refractivity contribution in [3.05, 3.63) is 24.1 Å². The first-order valence-electron chi connectivity index (χ1n) is 5.91. The summed E-state index contributed by atoms with van der Waals surface area (Å²) in [6.07, 6.45) is 3.96. The number of carbonyl (C=O) groups is 1. The molecule has 1 amide bonds. The van der Waals surface area contributed by atoms with E-state index in [0.717, 1.165) is 12.8 Å². The van der Waals surface area contributed by atoms with E-state index in [2.05, 4.69) is 10.3 Å². The van der Waals surface area contributed by atoms with Crippen LogP contribution in [0.4, 0.5) is 10.2 Å². The van der Waals surface area contributed by atoms with Crippen molar-refractivity contribution < 1.29 is 9.18 Å². The van der Waals surface area contributed by atoms with Gasteiger partial charge in [-0.2, -0.15) is 0 Å². The summed E-state index contributed by atoms with van der Waals surface area (Å²) in [5.41, 5.74) is 0. The molecule has 2 atom stereocenters. The Morgan fingerprint density at radius 2 is 2.24 bits per heavy atom. The number of pyridine rings is 1. The zero-order valence-corrected chi connectivity index (χ0v) is 9.40. The lowest BCUT2D eigenvalue weighted by molar-refractivity contribution is -0.121. The van der Waals surface area contributed by atoms with E-state index in [0.29, 0.717) is 18.8 Å². The third-order valence-corrected chi connectivity index (χ3v) is 3.56. The van der Waals surface area contributed by atoms with E-state index in [1.54, 1.807) is 12.3 Å². The molecule has 4 nitrogen and oxygen atoms in total. The molecule has 0 aliphatic carbocycles. The fourth-order valence-corrected chi connectivity index (χ4v) is 2.79. The standard InChI is InChI=1S/C12H14FN3O/c13-10-2-1-5-14-12(10)16-8-3-4-9(16)7-15-11(17)6-8/h1-2,5,8-9H,3-4,6-7H2,(H,15,17)/t8-,9+/m1/s1. The number of halogens is 1. The molecule has 1 N–H and O–H groups in total. The second-order valence-corrected chi connectivity index (χ2v) is 4.61. The van der Waals surface area contributed by atoms with Crippen molar-refractivity contribution in [3.63, 3.8) is 0 Å². The third-order valence-electron chi connectivity index (χ3n) is 3.56. The van der Waals surface area contributed by atoms with E-state index >= 15 is 0 Å². The fraction of sp³-hybridized carbons (Fsp3) is 0.500. The van der Waals surface area contributed by atoms with Gasteiger partial charge >= 0.3 is 0 Å². The van der Waals surface area contributed by atoms with Crippen LogP contribution in [0.3, 0.4) is 0 Å². The van der Waals surface area contributed by atoms with E-state index < -0.39 is 0 Å². The SMILES string of the molecule is O=C1C[C@H]2CC[C@@H](CN1)N2c1ncccc1F. The van der Waals surface area contributed by atoms with Gasteiger partial charge in [0.2, 0.25) is 5.91 Å². The Bertz CT molecular complexity index is 451. The summed E-state index contributed by atoms with van der Waals surface area (Å²) in [4.78, 5) is 17.6. The summed E-state index contributed by atoms with van der Waals surface area (Å²) >= 11 is 0. The Balaban J connectivity index is 1.97. The normalized spacial score (nSPS) is 27.8. The lowest BCUT2D eigenvalue weighted by Gasteiger charge is -2.28. The van der Waals surface area contributed by atoms with Crippen LogP contribution in [0.25, 0.3) is 0 Å². The van der Waals surface area contributed by atoms with Crippen molar-refractivity contribution in [2.75, 3.05) is 11.4 Å². The van der Waals surface area contributed by atoms with Gasteiger partial charge < -0.3 is 10.2 Å². The number of nitrogens with one attached hydrogen (secondary N) is 1. The summed E-state index contributed by atoms with van der Waals surface area (Å²) < 4.78 is 13.8. The number of fused-ring (bicyclic) bond motifs is 2. The Kier molecular flexibility index (Phi) is 2.46. The Labute approximate surface area is 98.8 Å². The van der Waals surface area contributed by atoms with E-state index in [-0.39, 0.29) is 23.8 Å². The van der Waals surface area contributed by atoms with Crippen LogP contribution in [0.5, 0.6) is 0 Å². The first kappa shape index (κ1) is 10.5. The van der Waals surface area contributed by atoms with Gasteiger partial charge in [0.25, 0.3) is 0 Å². The minimum Gasteiger partial charge on any atom is -0.354 e. The number of nitrogens with zero attached hydrogens (tertiary/aromatic N) is 2. The highest BCUT2D eigenvalue weighted by atomic mass is 19.1. The maximum Gasteiger partial charge on any atom is 0.222 e. The van der Waals surface area contributed by atoms with Crippen LogP contribution in [-0.4, -0.2) is 29.5 Å². The molecule has 0 aromatic carbocycles. The molecule has 2 saturated heterocycles. The maximum atomic E-state index is 13.8. The molecule has 17 heavy (non-hydrogen) atoms. The number of hydrogen-bond acceptors (Lipinski definition) is 3. The molecule has 2 aliphatic rings. The van der Waals surface area contributed by atoms with Crippen molar-refractivity contribution in [2.24, 2.45) is 0 Å². The highest BCUT2D eigenvalue weighted by molar-refractivity contribution is 5.78. The maximum absolute atomic E-state index is 13.8. The zero-order chi connectivity index (χ0) is 11.8. The van der Waals surface area contributed by atoms with Crippen LogP contribution >= 0.6 is 0 Å². The van der Waals surface area contributed by atoms with Gasteiger partial charge in [-0.25, -0.2) is 9.37 Å². The molecule has 0 saturated carbocycles. The summed E-state index contributed by atoms with van der Waals surface area (Å²) in [5, 5.41) is 2.86. The molecule has 2 fully saturated rings. The van der Waals surface area contributed by atoms with Gasteiger partial charge in [-0.05, 0) is 25.0 Å². The molecule has 90 valence electrons. The predicted octanol–water partition coefficient (Wildman–Crippen LogP) is 1.08. The van der Waals surface area contributed by atoms with Gasteiger partial charge in [0.15, 0.2) is 11.6 Å². The van der Waals surface area contributed by atoms with Crippen LogP contribution in [-0.2, 0) is 4.79 Å². The van der Waals surface area contributed by atoms with Crippen LogP contribution in [0.15, 0.2) is 18.3 Å². The van der Waals surface area contributed by atoms with E-state index in [9.17, 15) is 9.18 Å². The van der Waals surface area contributed by atoms with Crippen LogP contribution < -0.4 is 10.2 Å². The average Bonchev–Trinajstić information content (AvgIpc) is 2.61. The predicted molar refractivity (Wildman–Crippen MR) is 61.1 cm³/mol. The molecule has 5 heteroatoms. The van der Waals surface area contributed by atoms with Crippen molar-refractivity contribution in [3.8, 4) is 0 Å². The topological polar surface area (TPSA) is 45.2 Å². The zero-order valence-electron chi connectivity index (χ0n) is 9.40. The highest BCUT2D eigenvalue weighted by Gasteiger charge is 2.39. The summed E-state index contributed by atoms with van der Waals surface area (Å²) in [5.74, 6) is 0.133. The largest absolute Gasteiger partial charge is 0.354 e. The second-order valence-electron chi connectivity index (χ2n) is 4.61. The summed E-state index contributed by atoms with van der Waals surface area (Å²) in [6, 6.07) is 3.27. The highest BCUT2D eigenvalue weighted by Crippen LogP contribution is 2.33. The Morgan fingerprint density at radius 1 is 1.41 bits per heavy atom. The molecular formula is C12H14FN3O. The molecule has 1 aromatic heterocycles. The van der Waals surface area contributed by atoms with Crippen molar-refractivity contribution >= 4 is 11.7 Å². The van der Waals surface area contributed by atoms with Crippen LogP contribution in [0.2, 0.25) is 0 Å². The molecular weight excluding hydrogens is 221 g/mol. The monoisotopic (exact) mass is 235 g/mol. The lowest BCUT2D eigenvalue weighted by Crippen LogP contribution is -2.39. The van der Waals surface area contributed by atoms with Gasteiger partial charge in [0, 0.05) is 31.2 Å². The number of anilines is 1. The summed E-state index contributed by atoms with van der Waals surface area (Å²) in [6.45, 7) is 0.589. The smallest absolute Gasteiger partial charge is 0.222 e. The van der Waals surface area contributed by atoms with E-state index in [1.807, 2.05) is 4.90 Å². The van der Waals surface area contributed by atoms with Crippen molar-refractivity contribution in [1.29, 1.82) is 0 Å². The first-order chi connectivity index (χ1) is 8.25. The number of aromatic nitrogens is 1. The molecule has 0 unspecified atom stereocenters. The molecule has 2 aliphatic heterocycles. The van der Waals surface area contributed by atoms with Crippen LogP contribution in [0.1, 0.15) is 19.3 Å². The summed E-state index contributed by atoms with van der Waals surface area (Å²) in [7, 11) is 0. The second kappa shape index (κ2) is 3.98. The van der Waals surface area contributed by atoms with Gasteiger partial charge in [-0.1, -0.05) is 0 Å². The quantitative estimate of drug-likeness (QED) is 0.792. The molecule has 3 rings (SSSR count).